The van der Waals surface area contributed by atoms with Crippen LogP contribution < -0.4 is 21.1 Å². The number of carbonyl (C=O) groups is 2. The first-order chi connectivity index (χ1) is 22.1. The third-order valence-corrected chi connectivity index (χ3v) is 7.62. The molecule has 47 heavy (non-hydrogen) atoms. The molecule has 0 bridgehead atoms. The molecule has 250 valence electrons. The van der Waals surface area contributed by atoms with Crippen molar-refractivity contribution in [2.24, 2.45) is 0 Å². The Balaban J connectivity index is 1.51. The fourth-order valence-electron chi connectivity index (χ4n) is 5.20. The van der Waals surface area contributed by atoms with Crippen LogP contribution >= 0.6 is 11.6 Å². The van der Waals surface area contributed by atoms with Crippen LogP contribution in [0.5, 0.6) is 0 Å². The Labute approximate surface area is 273 Å². The van der Waals surface area contributed by atoms with Crippen molar-refractivity contribution >= 4 is 52.4 Å². The molecule has 2 N–H and O–H groups in total. The molecule has 0 aliphatic carbocycles. The first-order valence-electron chi connectivity index (χ1n) is 14.9. The summed E-state index contributed by atoms with van der Waals surface area (Å²) in [6, 6.07) is 11.7. The highest BCUT2D eigenvalue weighted by Gasteiger charge is 2.32. The monoisotopic (exact) mass is 674 g/mol. The van der Waals surface area contributed by atoms with Gasteiger partial charge < -0.3 is 29.7 Å². The molecule has 0 atom stereocenters. The number of alkyl halides is 3. The van der Waals surface area contributed by atoms with Crippen LogP contribution in [0.4, 0.5) is 41.0 Å². The maximum Gasteiger partial charge on any atom is 0.416 e. The molecule has 0 saturated carbocycles. The fourth-order valence-corrected chi connectivity index (χ4v) is 5.43. The number of nitrogens with one attached hydrogen (secondary N) is 2. The number of carbonyl (C=O) groups excluding carboxylic acids is 2. The highest BCUT2D eigenvalue weighted by molar-refractivity contribution is 6.33. The highest BCUT2D eigenvalue weighted by Crippen LogP contribution is 2.34. The number of amides is 2. The summed E-state index contributed by atoms with van der Waals surface area (Å²) in [5, 5.41) is 9.76. The molecule has 2 amide bonds. The van der Waals surface area contributed by atoms with Crippen molar-refractivity contribution in [2.75, 3.05) is 41.7 Å². The van der Waals surface area contributed by atoms with Gasteiger partial charge in [0.25, 0.3) is 5.56 Å². The van der Waals surface area contributed by atoms with E-state index in [1.165, 1.54) is 0 Å². The molecule has 1 saturated heterocycles. The van der Waals surface area contributed by atoms with Gasteiger partial charge in [-0.25, -0.2) is 4.79 Å². The molecule has 2 aromatic carbocycles. The van der Waals surface area contributed by atoms with Crippen LogP contribution in [0, 0.1) is 0 Å². The first kappa shape index (κ1) is 33.6. The van der Waals surface area contributed by atoms with Gasteiger partial charge in [0, 0.05) is 31.9 Å². The maximum atomic E-state index is 14.0. The maximum absolute atomic E-state index is 14.0. The van der Waals surface area contributed by atoms with Crippen molar-refractivity contribution < 1.29 is 27.5 Å². The van der Waals surface area contributed by atoms with Crippen LogP contribution in [0.25, 0.3) is 5.78 Å². The molecule has 4 aromatic rings. The minimum absolute atomic E-state index is 0.00818. The van der Waals surface area contributed by atoms with Crippen molar-refractivity contribution in [3.8, 4) is 0 Å². The predicted molar refractivity (Wildman–Crippen MR) is 171 cm³/mol. The average molecular weight is 675 g/mol. The lowest BCUT2D eigenvalue weighted by Crippen LogP contribution is -2.51. The smallest absolute Gasteiger partial charge is 0.416 e. The number of benzene rings is 2. The summed E-state index contributed by atoms with van der Waals surface area (Å²) in [6.45, 7) is 8.02. The minimum Gasteiger partial charge on any atom is -0.444 e. The van der Waals surface area contributed by atoms with Gasteiger partial charge >= 0.3 is 12.3 Å². The van der Waals surface area contributed by atoms with Crippen molar-refractivity contribution in [3.63, 3.8) is 0 Å². The zero-order valence-corrected chi connectivity index (χ0v) is 26.9. The van der Waals surface area contributed by atoms with Crippen LogP contribution in [0.2, 0.25) is 5.02 Å². The van der Waals surface area contributed by atoms with E-state index in [4.69, 9.17) is 16.3 Å². The number of anilines is 4. The summed E-state index contributed by atoms with van der Waals surface area (Å²) < 4.78 is 47.6. The lowest BCUT2D eigenvalue weighted by molar-refractivity contribution is -0.137. The molecule has 1 fully saturated rings. The number of rotatable bonds is 7. The Bertz CT molecular complexity index is 1850. The number of piperazine rings is 1. The number of aromatic nitrogens is 4. The summed E-state index contributed by atoms with van der Waals surface area (Å²) in [6.07, 6.45) is -4.74. The summed E-state index contributed by atoms with van der Waals surface area (Å²) in [7, 11) is 0. The van der Waals surface area contributed by atoms with Gasteiger partial charge in [-0.1, -0.05) is 36.7 Å². The normalized spacial score (nSPS) is 14.0. The number of hydrogen-bond acceptors (Lipinski definition) is 8. The van der Waals surface area contributed by atoms with Crippen LogP contribution in [-0.4, -0.2) is 67.8 Å². The zero-order valence-electron chi connectivity index (χ0n) is 26.2. The largest absolute Gasteiger partial charge is 0.444 e. The van der Waals surface area contributed by atoms with Gasteiger partial charge in [0.1, 0.15) is 17.8 Å². The highest BCUT2D eigenvalue weighted by atomic mass is 35.5. The SMILES string of the molecule is CCc1c(N2CCN(C(=O)OC(C)(C)C)CC2)c(=O)n2nc(Nc3ccccc3)nc2n1CC(=O)Nc1ccc(C(F)(F)F)cc1Cl. The Morgan fingerprint density at radius 1 is 1.02 bits per heavy atom. The van der Waals surface area contributed by atoms with E-state index in [-0.39, 0.29) is 29.0 Å². The van der Waals surface area contributed by atoms with E-state index in [0.29, 0.717) is 49.7 Å². The van der Waals surface area contributed by atoms with E-state index in [2.05, 4.69) is 20.7 Å². The van der Waals surface area contributed by atoms with E-state index < -0.39 is 34.9 Å². The Hall–Kier alpha value is -4.79. The quantitative estimate of drug-likeness (QED) is 0.261. The number of ether oxygens (including phenoxy) is 1. The van der Waals surface area contributed by atoms with Crippen molar-refractivity contribution in [1.82, 2.24) is 24.1 Å². The third kappa shape index (κ3) is 7.62. The van der Waals surface area contributed by atoms with Gasteiger partial charge in [-0.2, -0.15) is 22.7 Å². The lowest BCUT2D eigenvalue weighted by atomic mass is 10.2. The Morgan fingerprint density at radius 2 is 1.70 bits per heavy atom. The number of fused-ring (bicyclic) bond motifs is 1. The molecular weight excluding hydrogens is 641 g/mol. The minimum atomic E-state index is -4.60. The molecule has 16 heteroatoms. The molecule has 0 spiro atoms. The van der Waals surface area contributed by atoms with Crippen LogP contribution in [0.15, 0.2) is 53.3 Å². The second-order valence-electron chi connectivity index (χ2n) is 11.9. The predicted octanol–water partition coefficient (Wildman–Crippen LogP) is 5.57. The molecular formula is C31H34ClF3N8O4. The van der Waals surface area contributed by atoms with Gasteiger partial charge in [-0.05, 0) is 57.5 Å². The van der Waals surface area contributed by atoms with E-state index in [9.17, 15) is 27.6 Å². The Kier molecular flexibility index (Phi) is 9.39. The standard InChI is InChI=1S/C31H34ClF3N8O4/c1-5-23-25(40-13-15-41(16-14-40)29(46)47-30(2,3)4)26(45)43-28(38-27(39-43)36-20-9-7-6-8-10-20)42(23)18-24(44)37-22-12-11-19(17-21(22)32)31(33,34)35/h6-12,17H,5,13-16,18H2,1-4H3,(H,36,39)(H,37,44). The third-order valence-electron chi connectivity index (χ3n) is 7.31. The summed E-state index contributed by atoms with van der Waals surface area (Å²) in [5.41, 5.74) is -0.627. The molecule has 5 rings (SSSR count). The van der Waals surface area contributed by atoms with Gasteiger partial charge in [-0.3, -0.25) is 9.59 Å². The van der Waals surface area contributed by atoms with Crippen LogP contribution in [-0.2, 0) is 28.7 Å². The van der Waals surface area contributed by atoms with Crippen molar-refractivity contribution in [1.29, 1.82) is 0 Å². The van der Waals surface area contributed by atoms with Crippen molar-refractivity contribution in [2.45, 2.75) is 52.4 Å². The first-order valence-corrected chi connectivity index (χ1v) is 15.3. The molecule has 2 aromatic heterocycles. The van der Waals surface area contributed by atoms with Gasteiger partial charge in [-0.15, -0.1) is 5.10 Å². The summed E-state index contributed by atoms with van der Waals surface area (Å²) >= 11 is 6.09. The zero-order chi connectivity index (χ0) is 34.1. The fraction of sp³-hybridized carbons (Fsp3) is 0.387. The molecule has 1 aliphatic rings. The van der Waals surface area contributed by atoms with E-state index in [1.54, 1.807) is 42.4 Å². The molecule has 0 radical (unpaired) electrons. The van der Waals surface area contributed by atoms with E-state index in [1.807, 2.05) is 30.0 Å². The summed E-state index contributed by atoms with van der Waals surface area (Å²) in [5.74, 6) is -0.426. The lowest BCUT2D eigenvalue weighted by Gasteiger charge is -2.37. The van der Waals surface area contributed by atoms with Crippen LogP contribution in [0.3, 0.4) is 0 Å². The number of nitrogens with zero attached hydrogens (tertiary/aromatic N) is 6. The second kappa shape index (κ2) is 13.1. The second-order valence-corrected chi connectivity index (χ2v) is 12.3. The number of para-hydroxylation sites is 1. The Morgan fingerprint density at radius 3 is 2.30 bits per heavy atom. The molecule has 1 aliphatic heterocycles. The average Bonchev–Trinajstić information content (AvgIpc) is 3.42. The van der Waals surface area contributed by atoms with Gasteiger partial charge in [0.15, 0.2) is 0 Å². The van der Waals surface area contributed by atoms with Gasteiger partial charge in [0.05, 0.1) is 22.0 Å². The van der Waals surface area contributed by atoms with E-state index >= 15 is 0 Å². The number of hydrogen-bond donors (Lipinski definition) is 2. The van der Waals surface area contributed by atoms with E-state index in [0.717, 1.165) is 22.7 Å². The molecule has 3 heterocycles. The van der Waals surface area contributed by atoms with Gasteiger partial charge in [0.2, 0.25) is 17.6 Å². The van der Waals surface area contributed by atoms with Crippen LogP contribution in [0.1, 0.15) is 39.0 Å². The number of halogens is 4. The van der Waals surface area contributed by atoms with Crippen molar-refractivity contribution in [3.05, 3.63) is 75.2 Å². The molecule has 0 unspecified atom stereocenters. The molecule has 12 nitrogen and oxygen atoms in total. The summed E-state index contributed by atoms with van der Waals surface area (Å²) in [4.78, 5) is 48.0. The topological polar surface area (TPSA) is 126 Å².